The Morgan fingerprint density at radius 1 is 1.25 bits per heavy atom. The van der Waals surface area contributed by atoms with Gasteiger partial charge in [-0.05, 0) is 38.4 Å². The molecule has 0 bridgehead atoms. The summed E-state index contributed by atoms with van der Waals surface area (Å²) in [6.45, 7) is 4.59. The molecule has 1 aromatic rings. The molecular weight excluding hydrogens is 314 g/mol. The van der Waals surface area contributed by atoms with Crippen LogP contribution in [0.3, 0.4) is 0 Å². The summed E-state index contributed by atoms with van der Waals surface area (Å²) in [7, 11) is 0. The molecule has 1 N–H and O–H groups in total. The molecule has 132 valence electrons. The molecule has 1 amide bonds. The van der Waals surface area contributed by atoms with Crippen molar-refractivity contribution in [2.45, 2.75) is 45.1 Å². The number of hydrogen-bond acceptors (Lipinski definition) is 3. The lowest BCUT2D eigenvalue weighted by molar-refractivity contribution is -0.121. The number of hydrogen-bond donors (Lipinski definition) is 1. The second-order valence-electron chi connectivity index (χ2n) is 6.28. The minimum Gasteiger partial charge on any atom is -0.355 e. The van der Waals surface area contributed by atoms with E-state index in [-0.39, 0.29) is 24.3 Å². The summed E-state index contributed by atoms with van der Waals surface area (Å²) in [4.78, 5) is 26.1. The van der Waals surface area contributed by atoms with Crippen LogP contribution in [0.2, 0.25) is 0 Å². The van der Waals surface area contributed by atoms with Gasteiger partial charge in [0.2, 0.25) is 5.91 Å². The standard InChI is InChI=1S/C18H24F2N2O2/c1-13-4-2-3-10-22(13)11-9-21-18(24)8-7-17(23)15-6-5-14(19)12-16(15)20/h5-6,12-13H,2-4,7-11H2,1H3,(H,21,24)/t13-/m0/s1. The van der Waals surface area contributed by atoms with Crippen LogP contribution in [0.5, 0.6) is 0 Å². The molecule has 24 heavy (non-hydrogen) atoms. The monoisotopic (exact) mass is 338 g/mol. The molecular formula is C18H24F2N2O2. The summed E-state index contributed by atoms with van der Waals surface area (Å²) >= 11 is 0. The second kappa shape index (κ2) is 8.87. The lowest BCUT2D eigenvalue weighted by atomic mass is 10.0. The topological polar surface area (TPSA) is 49.4 Å². The molecule has 6 heteroatoms. The number of ketones is 1. The first-order valence-electron chi connectivity index (χ1n) is 8.46. The Balaban J connectivity index is 1.70. The number of carbonyl (C=O) groups is 2. The maximum Gasteiger partial charge on any atom is 0.220 e. The van der Waals surface area contributed by atoms with Gasteiger partial charge < -0.3 is 5.32 Å². The van der Waals surface area contributed by atoms with Crippen LogP contribution in [0, 0.1) is 11.6 Å². The van der Waals surface area contributed by atoms with E-state index in [1.54, 1.807) is 0 Å². The van der Waals surface area contributed by atoms with Crippen molar-refractivity contribution in [1.29, 1.82) is 0 Å². The number of nitrogens with one attached hydrogen (secondary N) is 1. The van der Waals surface area contributed by atoms with Crippen LogP contribution in [0.1, 0.15) is 49.4 Å². The zero-order chi connectivity index (χ0) is 17.5. The highest BCUT2D eigenvalue weighted by atomic mass is 19.1. The molecule has 1 aliphatic rings. The van der Waals surface area contributed by atoms with Crippen molar-refractivity contribution in [3.8, 4) is 0 Å². The first kappa shape index (κ1) is 18.5. The average molecular weight is 338 g/mol. The summed E-state index contributed by atoms with van der Waals surface area (Å²) in [5.74, 6) is -2.34. The van der Waals surface area contributed by atoms with Crippen LogP contribution in [0.25, 0.3) is 0 Å². The summed E-state index contributed by atoms with van der Waals surface area (Å²) in [6, 6.07) is 3.37. The molecule has 0 aliphatic carbocycles. The van der Waals surface area contributed by atoms with Gasteiger partial charge >= 0.3 is 0 Å². The van der Waals surface area contributed by atoms with Crippen molar-refractivity contribution in [2.24, 2.45) is 0 Å². The van der Waals surface area contributed by atoms with Crippen LogP contribution in [-0.4, -0.2) is 42.3 Å². The number of benzene rings is 1. The lowest BCUT2D eigenvalue weighted by Gasteiger charge is -2.33. The van der Waals surface area contributed by atoms with E-state index in [0.717, 1.165) is 25.2 Å². The fourth-order valence-electron chi connectivity index (χ4n) is 2.99. The minimum atomic E-state index is -0.889. The second-order valence-corrected chi connectivity index (χ2v) is 6.28. The van der Waals surface area contributed by atoms with Gasteiger partial charge in [-0.3, -0.25) is 14.5 Å². The Morgan fingerprint density at radius 2 is 2.04 bits per heavy atom. The van der Waals surface area contributed by atoms with Gasteiger partial charge in [0.15, 0.2) is 5.78 Å². The van der Waals surface area contributed by atoms with E-state index in [1.165, 1.54) is 19.3 Å². The molecule has 0 saturated carbocycles. The summed E-state index contributed by atoms with van der Waals surface area (Å²) < 4.78 is 26.3. The van der Waals surface area contributed by atoms with Gasteiger partial charge in [0.25, 0.3) is 0 Å². The molecule has 1 saturated heterocycles. The summed E-state index contributed by atoms with van der Waals surface area (Å²) in [5.41, 5.74) is -0.175. The van der Waals surface area contributed by atoms with Crippen molar-refractivity contribution in [2.75, 3.05) is 19.6 Å². The normalized spacial score (nSPS) is 18.4. The van der Waals surface area contributed by atoms with E-state index in [1.807, 2.05) is 0 Å². The fraction of sp³-hybridized carbons (Fsp3) is 0.556. The number of nitrogens with zero attached hydrogens (tertiary/aromatic N) is 1. The van der Waals surface area contributed by atoms with Crippen LogP contribution < -0.4 is 5.32 Å². The number of carbonyl (C=O) groups excluding carboxylic acids is 2. The van der Waals surface area contributed by atoms with Crippen LogP contribution in [0.4, 0.5) is 8.78 Å². The van der Waals surface area contributed by atoms with Gasteiger partial charge in [-0.2, -0.15) is 0 Å². The van der Waals surface area contributed by atoms with Gasteiger partial charge in [0.1, 0.15) is 11.6 Å². The van der Waals surface area contributed by atoms with Gasteiger partial charge in [-0.1, -0.05) is 6.42 Å². The predicted molar refractivity (Wildman–Crippen MR) is 87.8 cm³/mol. The molecule has 0 unspecified atom stereocenters. The quantitative estimate of drug-likeness (QED) is 0.778. The third-order valence-corrected chi connectivity index (χ3v) is 4.47. The third kappa shape index (κ3) is 5.37. The number of rotatable bonds is 7. The Bertz CT molecular complexity index is 592. The molecule has 0 radical (unpaired) electrons. The minimum absolute atomic E-state index is 0.00516. The summed E-state index contributed by atoms with van der Waals surface area (Å²) in [6.07, 6.45) is 3.55. The Morgan fingerprint density at radius 3 is 2.75 bits per heavy atom. The highest BCUT2D eigenvalue weighted by molar-refractivity contribution is 5.98. The van der Waals surface area contributed by atoms with Gasteiger partial charge in [0, 0.05) is 38.0 Å². The number of likely N-dealkylation sites (tertiary alicyclic amines) is 1. The van der Waals surface area contributed by atoms with E-state index in [2.05, 4.69) is 17.1 Å². The lowest BCUT2D eigenvalue weighted by Crippen LogP contribution is -2.42. The zero-order valence-electron chi connectivity index (χ0n) is 14.0. The van der Waals surface area contributed by atoms with Crippen LogP contribution >= 0.6 is 0 Å². The Labute approximate surface area is 141 Å². The van der Waals surface area contributed by atoms with E-state index in [9.17, 15) is 18.4 Å². The van der Waals surface area contributed by atoms with E-state index in [4.69, 9.17) is 0 Å². The van der Waals surface area contributed by atoms with E-state index >= 15 is 0 Å². The van der Waals surface area contributed by atoms with Gasteiger partial charge in [-0.25, -0.2) is 8.78 Å². The van der Waals surface area contributed by atoms with Crippen molar-refractivity contribution < 1.29 is 18.4 Å². The molecule has 2 rings (SSSR count). The SMILES string of the molecule is C[C@H]1CCCCN1CCNC(=O)CCC(=O)c1ccc(F)cc1F. The van der Waals surface area contributed by atoms with Crippen molar-refractivity contribution in [3.05, 3.63) is 35.4 Å². The number of Topliss-reactive ketones (excluding diaryl/α,β-unsaturated/α-hetero) is 1. The number of amides is 1. The molecule has 1 fully saturated rings. The third-order valence-electron chi connectivity index (χ3n) is 4.47. The predicted octanol–water partition coefficient (Wildman–Crippen LogP) is 2.92. The molecule has 4 nitrogen and oxygen atoms in total. The molecule has 1 aromatic carbocycles. The summed E-state index contributed by atoms with van der Waals surface area (Å²) in [5, 5.41) is 2.79. The highest BCUT2D eigenvalue weighted by Gasteiger charge is 2.18. The maximum atomic E-state index is 13.5. The first-order chi connectivity index (χ1) is 11.5. The first-order valence-corrected chi connectivity index (χ1v) is 8.46. The Kier molecular flexibility index (Phi) is 6.85. The smallest absolute Gasteiger partial charge is 0.220 e. The molecule has 0 spiro atoms. The van der Waals surface area contributed by atoms with E-state index < -0.39 is 17.4 Å². The largest absolute Gasteiger partial charge is 0.355 e. The average Bonchev–Trinajstić information content (AvgIpc) is 2.54. The maximum absolute atomic E-state index is 13.5. The number of piperidine rings is 1. The van der Waals surface area contributed by atoms with Crippen LogP contribution in [-0.2, 0) is 4.79 Å². The number of halogens is 2. The van der Waals surface area contributed by atoms with Crippen molar-refractivity contribution in [1.82, 2.24) is 10.2 Å². The highest BCUT2D eigenvalue weighted by Crippen LogP contribution is 2.15. The van der Waals surface area contributed by atoms with Crippen LogP contribution in [0.15, 0.2) is 18.2 Å². The fourth-order valence-corrected chi connectivity index (χ4v) is 2.99. The zero-order valence-corrected chi connectivity index (χ0v) is 14.0. The van der Waals surface area contributed by atoms with Crippen molar-refractivity contribution in [3.63, 3.8) is 0 Å². The van der Waals surface area contributed by atoms with Crippen molar-refractivity contribution >= 4 is 11.7 Å². The Hall–Kier alpha value is -1.82. The molecule has 1 heterocycles. The van der Waals surface area contributed by atoms with E-state index in [0.29, 0.717) is 18.7 Å². The molecule has 1 atom stereocenters. The molecule has 0 aromatic heterocycles. The van der Waals surface area contributed by atoms with Gasteiger partial charge in [-0.15, -0.1) is 0 Å². The molecule has 1 aliphatic heterocycles. The van der Waals surface area contributed by atoms with Gasteiger partial charge in [0.05, 0.1) is 5.56 Å².